The Bertz CT molecular complexity index is 566. The molecule has 6 nitrogen and oxygen atoms in total. The van der Waals surface area contributed by atoms with Crippen LogP contribution in [0.5, 0.6) is 0 Å². The van der Waals surface area contributed by atoms with E-state index < -0.39 is 12.0 Å². The molecule has 0 aliphatic rings. The molecule has 0 aliphatic heterocycles. The first-order valence-electron chi connectivity index (χ1n) is 5.80. The summed E-state index contributed by atoms with van der Waals surface area (Å²) in [5.74, 6) is -1.46. The smallest absolute Gasteiger partial charge is 0.384 e. The molecule has 0 amide bonds. The van der Waals surface area contributed by atoms with Gasteiger partial charge in [-0.3, -0.25) is 4.68 Å². The van der Waals surface area contributed by atoms with Gasteiger partial charge in [-0.2, -0.15) is 18.3 Å². The van der Waals surface area contributed by atoms with Crippen LogP contribution in [0.3, 0.4) is 0 Å². The zero-order valence-corrected chi connectivity index (χ0v) is 10.6. The van der Waals surface area contributed by atoms with E-state index >= 15 is 0 Å². The summed E-state index contributed by atoms with van der Waals surface area (Å²) in [6, 6.07) is 2.84. The summed E-state index contributed by atoms with van der Waals surface area (Å²) in [4.78, 5) is 6.59. The number of halogens is 3. The zero-order valence-electron chi connectivity index (χ0n) is 10.6. The quantitative estimate of drug-likeness (QED) is 0.895. The van der Waals surface area contributed by atoms with E-state index in [1.807, 2.05) is 0 Å². The van der Waals surface area contributed by atoms with Gasteiger partial charge in [0.1, 0.15) is 11.6 Å². The van der Waals surface area contributed by atoms with Crippen molar-refractivity contribution in [2.45, 2.75) is 25.7 Å². The highest BCUT2D eigenvalue weighted by molar-refractivity contribution is 5.45. The lowest BCUT2D eigenvalue weighted by Crippen LogP contribution is -2.24. The van der Waals surface area contributed by atoms with Crippen LogP contribution in [0.15, 0.2) is 24.5 Å². The van der Waals surface area contributed by atoms with Crippen molar-refractivity contribution in [3.63, 3.8) is 0 Å². The number of alkyl halides is 3. The molecular formula is C11H13F3N6. The largest absolute Gasteiger partial charge is 0.451 e. The minimum absolute atomic E-state index is 0.0319. The SMILES string of the molecule is CC(Cn1cccn1)Nc1cc(N)nc(C(F)(F)F)n1. The molecule has 0 spiro atoms. The van der Waals surface area contributed by atoms with Crippen LogP contribution < -0.4 is 11.1 Å². The average Bonchev–Trinajstić information content (AvgIpc) is 2.79. The molecule has 0 radical (unpaired) electrons. The van der Waals surface area contributed by atoms with Crippen molar-refractivity contribution in [2.75, 3.05) is 11.1 Å². The summed E-state index contributed by atoms with van der Waals surface area (Å²) < 4.78 is 39.4. The van der Waals surface area contributed by atoms with Crippen molar-refractivity contribution in [2.24, 2.45) is 0 Å². The number of rotatable bonds is 4. The molecular weight excluding hydrogens is 273 g/mol. The number of hydrogen-bond acceptors (Lipinski definition) is 5. The summed E-state index contributed by atoms with van der Waals surface area (Å²) in [5, 5.41) is 6.85. The number of hydrogen-bond donors (Lipinski definition) is 2. The molecule has 1 unspecified atom stereocenters. The maximum Gasteiger partial charge on any atom is 0.451 e. The lowest BCUT2D eigenvalue weighted by Gasteiger charge is -2.16. The Hall–Kier alpha value is -2.32. The summed E-state index contributed by atoms with van der Waals surface area (Å²) in [6.45, 7) is 2.28. The van der Waals surface area contributed by atoms with Gasteiger partial charge in [0.15, 0.2) is 0 Å². The number of nitrogens with two attached hydrogens (primary N) is 1. The number of nitrogens with one attached hydrogen (secondary N) is 1. The van der Waals surface area contributed by atoms with Crippen LogP contribution in [0.1, 0.15) is 12.7 Å². The molecule has 0 aliphatic carbocycles. The Kier molecular flexibility index (Phi) is 3.77. The van der Waals surface area contributed by atoms with Gasteiger partial charge in [-0.15, -0.1) is 0 Å². The van der Waals surface area contributed by atoms with E-state index in [1.54, 1.807) is 30.1 Å². The Balaban J connectivity index is 2.11. The topological polar surface area (TPSA) is 81.7 Å². The first-order valence-corrected chi connectivity index (χ1v) is 5.80. The third kappa shape index (κ3) is 3.59. The molecule has 1 atom stereocenters. The second kappa shape index (κ2) is 5.35. The van der Waals surface area contributed by atoms with Crippen LogP contribution in [0, 0.1) is 0 Å². The molecule has 2 aromatic heterocycles. The van der Waals surface area contributed by atoms with Gasteiger partial charge in [0, 0.05) is 24.5 Å². The van der Waals surface area contributed by atoms with Crippen molar-refractivity contribution in [3.8, 4) is 0 Å². The van der Waals surface area contributed by atoms with Gasteiger partial charge in [-0.1, -0.05) is 0 Å². The molecule has 108 valence electrons. The lowest BCUT2D eigenvalue weighted by molar-refractivity contribution is -0.144. The second-order valence-electron chi connectivity index (χ2n) is 4.27. The molecule has 2 rings (SSSR count). The molecule has 20 heavy (non-hydrogen) atoms. The summed E-state index contributed by atoms with van der Waals surface area (Å²) >= 11 is 0. The highest BCUT2D eigenvalue weighted by atomic mass is 19.4. The van der Waals surface area contributed by atoms with E-state index in [0.29, 0.717) is 6.54 Å². The van der Waals surface area contributed by atoms with E-state index in [2.05, 4.69) is 20.4 Å². The van der Waals surface area contributed by atoms with Crippen molar-refractivity contribution in [3.05, 3.63) is 30.4 Å². The maximum atomic E-state index is 12.6. The van der Waals surface area contributed by atoms with Crippen LogP contribution in [-0.2, 0) is 12.7 Å². The second-order valence-corrected chi connectivity index (χ2v) is 4.27. The fourth-order valence-corrected chi connectivity index (χ4v) is 1.65. The molecule has 0 fully saturated rings. The molecule has 3 N–H and O–H groups in total. The van der Waals surface area contributed by atoms with E-state index in [-0.39, 0.29) is 17.7 Å². The fourth-order valence-electron chi connectivity index (χ4n) is 1.65. The zero-order chi connectivity index (χ0) is 14.8. The van der Waals surface area contributed by atoms with Gasteiger partial charge in [-0.05, 0) is 13.0 Å². The van der Waals surface area contributed by atoms with Gasteiger partial charge in [0.2, 0.25) is 5.82 Å². The van der Waals surface area contributed by atoms with Crippen molar-refractivity contribution >= 4 is 11.6 Å². The van der Waals surface area contributed by atoms with Gasteiger partial charge in [0.05, 0.1) is 6.54 Å². The monoisotopic (exact) mass is 286 g/mol. The highest BCUT2D eigenvalue weighted by Crippen LogP contribution is 2.27. The van der Waals surface area contributed by atoms with Crippen LogP contribution >= 0.6 is 0 Å². The van der Waals surface area contributed by atoms with E-state index in [0.717, 1.165) is 0 Å². The molecule has 0 saturated heterocycles. The number of nitrogens with zero attached hydrogens (tertiary/aromatic N) is 4. The van der Waals surface area contributed by atoms with Crippen molar-refractivity contribution in [1.29, 1.82) is 0 Å². The molecule has 0 bridgehead atoms. The maximum absolute atomic E-state index is 12.6. The number of anilines is 2. The van der Waals surface area contributed by atoms with Crippen LogP contribution in [0.2, 0.25) is 0 Å². The standard InChI is InChI=1S/C11H13F3N6/c1-7(6-20-4-2-3-16-20)17-9-5-8(15)18-10(19-9)11(12,13)14/h2-5,7H,6H2,1H3,(H3,15,17,18,19). The fraction of sp³-hybridized carbons (Fsp3) is 0.364. The van der Waals surface area contributed by atoms with Gasteiger partial charge in [-0.25, -0.2) is 9.97 Å². The first kappa shape index (κ1) is 14.1. The number of aromatic nitrogens is 4. The molecule has 2 aromatic rings. The van der Waals surface area contributed by atoms with Crippen molar-refractivity contribution in [1.82, 2.24) is 19.7 Å². The van der Waals surface area contributed by atoms with Crippen LogP contribution in [0.25, 0.3) is 0 Å². The third-order valence-electron chi connectivity index (χ3n) is 2.41. The lowest BCUT2D eigenvalue weighted by atomic mass is 10.3. The van der Waals surface area contributed by atoms with Gasteiger partial charge < -0.3 is 11.1 Å². The third-order valence-corrected chi connectivity index (χ3v) is 2.41. The normalized spacial score (nSPS) is 13.2. The minimum atomic E-state index is -4.63. The Labute approximate surface area is 112 Å². The molecule has 2 heterocycles. The Morgan fingerprint density at radius 1 is 1.40 bits per heavy atom. The predicted octanol–water partition coefficient (Wildman–Crippen LogP) is 1.77. The van der Waals surface area contributed by atoms with Crippen LogP contribution in [-0.4, -0.2) is 25.8 Å². The summed E-state index contributed by atoms with van der Waals surface area (Å²) in [6.07, 6.45) is -1.25. The van der Waals surface area contributed by atoms with E-state index in [4.69, 9.17) is 5.73 Å². The highest BCUT2D eigenvalue weighted by Gasteiger charge is 2.35. The molecule has 0 aromatic carbocycles. The predicted molar refractivity (Wildman–Crippen MR) is 66.8 cm³/mol. The van der Waals surface area contributed by atoms with E-state index in [9.17, 15) is 13.2 Å². The van der Waals surface area contributed by atoms with Crippen molar-refractivity contribution < 1.29 is 13.2 Å². The van der Waals surface area contributed by atoms with E-state index in [1.165, 1.54) is 6.07 Å². The number of nitrogen functional groups attached to an aromatic ring is 1. The molecule has 9 heteroatoms. The Morgan fingerprint density at radius 2 is 2.15 bits per heavy atom. The van der Waals surface area contributed by atoms with Gasteiger partial charge >= 0.3 is 6.18 Å². The average molecular weight is 286 g/mol. The summed E-state index contributed by atoms with van der Waals surface area (Å²) in [7, 11) is 0. The Morgan fingerprint density at radius 3 is 2.75 bits per heavy atom. The minimum Gasteiger partial charge on any atom is -0.384 e. The van der Waals surface area contributed by atoms with Crippen LogP contribution in [0.4, 0.5) is 24.8 Å². The summed E-state index contributed by atoms with van der Waals surface area (Å²) in [5.41, 5.74) is 5.36. The molecule has 0 saturated carbocycles. The van der Waals surface area contributed by atoms with Gasteiger partial charge in [0.25, 0.3) is 0 Å². The first-order chi connectivity index (χ1) is 9.34.